The van der Waals surface area contributed by atoms with Gasteiger partial charge in [-0.25, -0.2) is 12.8 Å². The number of hydrogen-bond donors (Lipinski definition) is 1. The van der Waals surface area contributed by atoms with Gasteiger partial charge in [0.2, 0.25) is 10.0 Å². The van der Waals surface area contributed by atoms with Crippen LogP contribution in [0.1, 0.15) is 16.7 Å². The number of piperazine rings is 1. The Morgan fingerprint density at radius 3 is 2.66 bits per heavy atom. The van der Waals surface area contributed by atoms with Crippen LogP contribution in [-0.4, -0.2) is 45.7 Å². The first-order valence-electron chi connectivity index (χ1n) is 9.60. The molecule has 2 aromatic carbocycles. The average molecular weight is 419 g/mol. The van der Waals surface area contributed by atoms with Crippen molar-refractivity contribution in [3.63, 3.8) is 0 Å². The molecule has 0 amide bonds. The minimum Gasteiger partial charge on any atom is -0.467 e. The third kappa shape index (κ3) is 4.84. The van der Waals surface area contributed by atoms with Crippen molar-refractivity contribution in [2.75, 3.05) is 33.0 Å². The van der Waals surface area contributed by atoms with Crippen molar-refractivity contribution in [1.29, 1.82) is 0 Å². The minimum atomic E-state index is -3.46. The maximum absolute atomic E-state index is 13.9. The van der Waals surface area contributed by atoms with Crippen LogP contribution in [0.25, 0.3) is 6.08 Å². The van der Waals surface area contributed by atoms with Crippen LogP contribution < -0.4 is 9.64 Å². The van der Waals surface area contributed by atoms with Gasteiger partial charge in [-0.15, -0.1) is 0 Å². The van der Waals surface area contributed by atoms with Gasteiger partial charge in [-0.3, -0.25) is 0 Å². The number of quaternary nitrogens is 1. The van der Waals surface area contributed by atoms with E-state index >= 15 is 0 Å². The third-order valence-electron chi connectivity index (χ3n) is 5.21. The van der Waals surface area contributed by atoms with Gasteiger partial charge in [-0.05, 0) is 23.8 Å². The molecule has 0 atom stereocenters. The molecule has 8 heteroatoms. The molecule has 2 aromatic rings. The number of benzene rings is 2. The van der Waals surface area contributed by atoms with Crippen LogP contribution in [0.5, 0.6) is 5.75 Å². The molecule has 6 nitrogen and oxygen atoms in total. The molecule has 0 unspecified atom stereocenters. The van der Waals surface area contributed by atoms with Crippen LogP contribution in [0.3, 0.4) is 0 Å². The van der Waals surface area contributed by atoms with Crippen LogP contribution in [0.15, 0.2) is 47.9 Å². The molecular formula is C21H24FN2O4S+. The van der Waals surface area contributed by atoms with E-state index < -0.39 is 10.0 Å². The summed E-state index contributed by atoms with van der Waals surface area (Å²) < 4.78 is 51.5. The van der Waals surface area contributed by atoms with Gasteiger partial charge in [0.15, 0.2) is 6.79 Å². The highest BCUT2D eigenvalue weighted by molar-refractivity contribution is 7.92. The number of sulfonamides is 1. The summed E-state index contributed by atoms with van der Waals surface area (Å²) in [4.78, 5) is 1.20. The fourth-order valence-electron chi connectivity index (χ4n) is 3.71. The Morgan fingerprint density at radius 2 is 1.90 bits per heavy atom. The average Bonchev–Trinajstić information content (AvgIpc) is 2.73. The second-order valence-corrected chi connectivity index (χ2v) is 9.07. The van der Waals surface area contributed by atoms with Crippen LogP contribution in [0.2, 0.25) is 0 Å². The van der Waals surface area contributed by atoms with E-state index in [1.807, 2.05) is 30.3 Å². The van der Waals surface area contributed by atoms with Crippen molar-refractivity contribution >= 4 is 16.1 Å². The molecule has 0 bridgehead atoms. The van der Waals surface area contributed by atoms with E-state index in [1.165, 1.54) is 26.7 Å². The number of nitrogens with zero attached hydrogens (tertiary/aromatic N) is 1. The molecule has 0 saturated carbocycles. The van der Waals surface area contributed by atoms with E-state index in [0.29, 0.717) is 45.1 Å². The number of rotatable bonds is 5. The molecule has 2 aliphatic heterocycles. The zero-order chi connectivity index (χ0) is 20.3. The summed E-state index contributed by atoms with van der Waals surface area (Å²) in [7, 11) is -3.46. The van der Waals surface area contributed by atoms with Gasteiger partial charge < -0.3 is 14.4 Å². The maximum Gasteiger partial charge on any atom is 0.236 e. The van der Waals surface area contributed by atoms with E-state index in [4.69, 9.17) is 9.47 Å². The summed E-state index contributed by atoms with van der Waals surface area (Å²) in [5.74, 6) is 0.394. The molecular weight excluding hydrogens is 395 g/mol. The lowest BCUT2D eigenvalue weighted by molar-refractivity contribution is -0.917. The van der Waals surface area contributed by atoms with Crippen molar-refractivity contribution < 1.29 is 27.2 Å². The van der Waals surface area contributed by atoms with Crippen LogP contribution in [0.4, 0.5) is 4.39 Å². The van der Waals surface area contributed by atoms with E-state index in [0.717, 1.165) is 16.7 Å². The number of ether oxygens (including phenoxy) is 2. The normalized spacial score (nSPS) is 18.5. The predicted molar refractivity (Wildman–Crippen MR) is 107 cm³/mol. The molecule has 1 fully saturated rings. The Morgan fingerprint density at radius 1 is 1.14 bits per heavy atom. The van der Waals surface area contributed by atoms with Crippen LogP contribution in [-0.2, 0) is 27.9 Å². The predicted octanol–water partition coefficient (Wildman–Crippen LogP) is 1.39. The Labute approximate surface area is 170 Å². The molecule has 154 valence electrons. The van der Waals surface area contributed by atoms with Crippen molar-refractivity contribution in [2.24, 2.45) is 0 Å². The molecule has 0 spiro atoms. The molecule has 0 radical (unpaired) electrons. The third-order valence-corrected chi connectivity index (χ3v) is 6.78. The molecule has 1 saturated heterocycles. The summed E-state index contributed by atoms with van der Waals surface area (Å²) in [5.41, 5.74) is 2.37. The summed E-state index contributed by atoms with van der Waals surface area (Å²) in [6, 6.07) is 12.3. The summed E-state index contributed by atoms with van der Waals surface area (Å²) in [5, 5.41) is 1.27. The second kappa shape index (κ2) is 8.62. The fraction of sp³-hybridized carbons (Fsp3) is 0.333. The number of fused-ring (bicyclic) bond motifs is 1. The SMILES string of the molecule is O=S(=O)(/C=C/c1ccccc1)N1CC[NH+](Cc2cc(F)cc3c2OCOC3)CC1. The smallest absolute Gasteiger partial charge is 0.236 e. The van der Waals surface area contributed by atoms with Crippen LogP contribution in [0, 0.1) is 5.82 Å². The number of hydrogen-bond acceptors (Lipinski definition) is 4. The molecule has 0 aromatic heterocycles. The Bertz CT molecular complexity index is 987. The van der Waals surface area contributed by atoms with Gasteiger partial charge in [0.05, 0.1) is 38.3 Å². The lowest BCUT2D eigenvalue weighted by Crippen LogP contribution is -3.13. The lowest BCUT2D eigenvalue weighted by atomic mass is 10.1. The molecule has 4 rings (SSSR count). The highest BCUT2D eigenvalue weighted by Crippen LogP contribution is 2.29. The van der Waals surface area contributed by atoms with E-state index in [2.05, 4.69) is 0 Å². The summed E-state index contributed by atoms with van der Waals surface area (Å²) >= 11 is 0. The molecule has 1 N–H and O–H groups in total. The standard InChI is InChI=1S/C21H23FN2O4S/c22-20-12-18(21-19(13-20)15-27-16-28-21)14-23-7-9-24(10-8-23)29(25,26)11-6-17-4-2-1-3-5-17/h1-6,11-13H,7-10,14-16H2/p+1/b11-6+. The topological polar surface area (TPSA) is 60.3 Å². The first-order valence-corrected chi connectivity index (χ1v) is 11.1. The Balaban J connectivity index is 1.39. The monoisotopic (exact) mass is 419 g/mol. The van der Waals surface area contributed by atoms with E-state index in [-0.39, 0.29) is 12.6 Å². The highest BCUT2D eigenvalue weighted by atomic mass is 32.2. The van der Waals surface area contributed by atoms with E-state index in [9.17, 15) is 12.8 Å². The highest BCUT2D eigenvalue weighted by Gasteiger charge is 2.29. The van der Waals surface area contributed by atoms with Crippen molar-refractivity contribution in [1.82, 2.24) is 4.31 Å². The van der Waals surface area contributed by atoms with Gasteiger partial charge in [0.1, 0.15) is 18.1 Å². The fourth-order valence-corrected chi connectivity index (χ4v) is 4.90. The zero-order valence-electron chi connectivity index (χ0n) is 16.0. The van der Waals surface area contributed by atoms with Gasteiger partial charge in [0.25, 0.3) is 0 Å². The maximum atomic E-state index is 13.9. The van der Waals surface area contributed by atoms with E-state index in [1.54, 1.807) is 6.08 Å². The van der Waals surface area contributed by atoms with Crippen molar-refractivity contribution in [3.05, 3.63) is 70.4 Å². The molecule has 0 aliphatic carbocycles. The quantitative estimate of drug-likeness (QED) is 0.796. The second-order valence-electron chi connectivity index (χ2n) is 7.25. The lowest BCUT2D eigenvalue weighted by Gasteiger charge is -2.31. The summed E-state index contributed by atoms with van der Waals surface area (Å²) in [6.07, 6.45) is 1.62. The zero-order valence-corrected chi connectivity index (χ0v) is 16.8. The van der Waals surface area contributed by atoms with Crippen molar-refractivity contribution in [2.45, 2.75) is 13.2 Å². The number of nitrogens with one attached hydrogen (secondary N) is 1. The van der Waals surface area contributed by atoms with Gasteiger partial charge in [0, 0.05) is 11.0 Å². The molecule has 2 aliphatic rings. The van der Waals surface area contributed by atoms with Gasteiger partial charge >= 0.3 is 0 Å². The minimum absolute atomic E-state index is 0.167. The first kappa shape index (κ1) is 20.0. The largest absolute Gasteiger partial charge is 0.467 e. The van der Waals surface area contributed by atoms with Crippen LogP contribution >= 0.6 is 0 Å². The van der Waals surface area contributed by atoms with Gasteiger partial charge in [-0.2, -0.15) is 4.31 Å². The Kier molecular flexibility index (Phi) is 5.96. The van der Waals surface area contributed by atoms with Gasteiger partial charge in [-0.1, -0.05) is 30.3 Å². The van der Waals surface area contributed by atoms with Crippen molar-refractivity contribution in [3.8, 4) is 5.75 Å². The first-order chi connectivity index (χ1) is 14.0. The molecule has 2 heterocycles. The summed E-state index contributed by atoms with van der Waals surface area (Å²) in [6.45, 7) is 3.26. The molecule has 29 heavy (non-hydrogen) atoms. The Hall–Kier alpha value is -2.26. The number of halogens is 1.